The van der Waals surface area contributed by atoms with Crippen molar-refractivity contribution in [2.45, 2.75) is 0 Å². The molecule has 1 aromatic heterocycles. The Hall–Kier alpha value is -1.85. The summed E-state index contributed by atoms with van der Waals surface area (Å²) in [5.74, 6) is -1.12. The molecule has 0 bridgehead atoms. The molecule has 1 aromatic carbocycles. The van der Waals surface area contributed by atoms with E-state index in [-0.39, 0.29) is 11.4 Å². The molecule has 0 amide bonds. The summed E-state index contributed by atoms with van der Waals surface area (Å²) in [5.41, 5.74) is 0.274. The van der Waals surface area contributed by atoms with Gasteiger partial charge in [0.25, 0.3) is 0 Å². The molecule has 4 nitrogen and oxygen atoms in total. The molecule has 0 atom stereocenters. The Morgan fingerprint density at radius 3 is 2.29 bits per heavy atom. The van der Waals surface area contributed by atoms with E-state index in [9.17, 15) is 8.78 Å². The largest absolute Gasteiger partial charge is 0.207 e. The van der Waals surface area contributed by atoms with Crippen LogP contribution in [0.5, 0.6) is 0 Å². The number of halogens is 2. The molecule has 6 heteroatoms. The number of hydrogen-bond donors (Lipinski definition) is 0. The molecular formula is C8H6F2N4. The van der Waals surface area contributed by atoms with E-state index in [0.29, 0.717) is 0 Å². The van der Waals surface area contributed by atoms with Crippen LogP contribution < -0.4 is 0 Å². The predicted octanol–water partition coefficient (Wildman–Crippen LogP) is 1.16. The van der Waals surface area contributed by atoms with Gasteiger partial charge in [0.05, 0.1) is 7.05 Å². The molecule has 0 unspecified atom stereocenters. The Balaban J connectivity index is 2.51. The summed E-state index contributed by atoms with van der Waals surface area (Å²) >= 11 is 0. The number of aryl methyl sites for hydroxylation is 1. The van der Waals surface area contributed by atoms with Crippen molar-refractivity contribution in [3.8, 4) is 11.4 Å². The first-order chi connectivity index (χ1) is 6.65. The molecule has 14 heavy (non-hydrogen) atoms. The highest BCUT2D eigenvalue weighted by Gasteiger charge is 2.07. The van der Waals surface area contributed by atoms with Crippen molar-refractivity contribution in [1.82, 2.24) is 20.2 Å². The highest BCUT2D eigenvalue weighted by molar-refractivity contribution is 5.53. The van der Waals surface area contributed by atoms with Gasteiger partial charge in [0.15, 0.2) is 0 Å². The van der Waals surface area contributed by atoms with Crippen LogP contribution in [0.3, 0.4) is 0 Å². The lowest BCUT2D eigenvalue weighted by Gasteiger charge is -1.95. The average Bonchev–Trinajstić information content (AvgIpc) is 2.50. The van der Waals surface area contributed by atoms with Gasteiger partial charge in [-0.25, -0.2) is 8.78 Å². The number of aromatic nitrogens is 4. The Morgan fingerprint density at radius 1 is 1.14 bits per heavy atom. The highest BCUT2D eigenvalue weighted by Crippen LogP contribution is 2.16. The van der Waals surface area contributed by atoms with Gasteiger partial charge in [0.2, 0.25) is 5.82 Å². The van der Waals surface area contributed by atoms with Crippen LogP contribution in [-0.2, 0) is 7.05 Å². The van der Waals surface area contributed by atoms with Crippen LogP contribution in [-0.4, -0.2) is 20.2 Å². The topological polar surface area (TPSA) is 43.6 Å². The van der Waals surface area contributed by atoms with Crippen LogP contribution in [0.2, 0.25) is 0 Å². The molecule has 2 aromatic rings. The summed E-state index contributed by atoms with van der Waals surface area (Å²) < 4.78 is 25.6. The van der Waals surface area contributed by atoms with Crippen LogP contribution in [0, 0.1) is 11.6 Å². The first-order valence-electron chi connectivity index (χ1n) is 3.85. The maximum Gasteiger partial charge on any atom is 0.205 e. The first-order valence-corrected chi connectivity index (χ1v) is 3.85. The fourth-order valence-electron chi connectivity index (χ4n) is 1.08. The first kappa shape index (κ1) is 8.74. The fraction of sp³-hybridized carbons (Fsp3) is 0.125. The lowest BCUT2D eigenvalue weighted by molar-refractivity contribution is 0.584. The van der Waals surface area contributed by atoms with Gasteiger partial charge >= 0.3 is 0 Å². The molecule has 0 aliphatic carbocycles. The van der Waals surface area contributed by atoms with Gasteiger partial charge in [-0.05, 0) is 17.3 Å². The Labute approximate surface area is 78.2 Å². The zero-order chi connectivity index (χ0) is 10.1. The lowest BCUT2D eigenvalue weighted by atomic mass is 10.2. The van der Waals surface area contributed by atoms with E-state index in [2.05, 4.69) is 15.4 Å². The monoisotopic (exact) mass is 196 g/mol. The third-order valence-electron chi connectivity index (χ3n) is 1.63. The SMILES string of the molecule is Cn1nnc(-c2cc(F)cc(F)c2)n1. The van der Waals surface area contributed by atoms with E-state index in [1.165, 1.54) is 4.80 Å². The summed E-state index contributed by atoms with van der Waals surface area (Å²) in [4.78, 5) is 1.22. The van der Waals surface area contributed by atoms with Gasteiger partial charge in [0.1, 0.15) is 11.6 Å². The molecule has 72 valence electrons. The number of hydrogen-bond acceptors (Lipinski definition) is 3. The second kappa shape index (κ2) is 3.13. The average molecular weight is 196 g/mol. The van der Waals surface area contributed by atoms with E-state index < -0.39 is 11.6 Å². The molecule has 1 heterocycles. The second-order valence-corrected chi connectivity index (χ2v) is 2.76. The fourth-order valence-corrected chi connectivity index (χ4v) is 1.08. The van der Waals surface area contributed by atoms with E-state index in [0.717, 1.165) is 18.2 Å². The summed E-state index contributed by atoms with van der Waals surface area (Å²) in [6.45, 7) is 0. The second-order valence-electron chi connectivity index (χ2n) is 2.76. The Morgan fingerprint density at radius 2 is 1.79 bits per heavy atom. The quantitative estimate of drug-likeness (QED) is 0.687. The van der Waals surface area contributed by atoms with Crippen LogP contribution in [0.25, 0.3) is 11.4 Å². The van der Waals surface area contributed by atoms with Crippen LogP contribution >= 0.6 is 0 Å². The van der Waals surface area contributed by atoms with Crippen molar-refractivity contribution < 1.29 is 8.78 Å². The molecule has 0 fully saturated rings. The summed E-state index contributed by atoms with van der Waals surface area (Å²) in [7, 11) is 1.58. The Kier molecular flexibility index (Phi) is 1.95. The van der Waals surface area contributed by atoms with E-state index >= 15 is 0 Å². The molecule has 0 N–H and O–H groups in total. The molecule has 2 rings (SSSR count). The molecular weight excluding hydrogens is 190 g/mol. The van der Waals surface area contributed by atoms with Crippen molar-refractivity contribution in [3.63, 3.8) is 0 Å². The minimum atomic E-state index is -0.660. The molecule has 0 aliphatic heterocycles. The van der Waals surface area contributed by atoms with Crippen molar-refractivity contribution in [1.29, 1.82) is 0 Å². The molecule has 0 saturated heterocycles. The van der Waals surface area contributed by atoms with Gasteiger partial charge in [-0.3, -0.25) is 0 Å². The molecule has 0 aliphatic rings. The van der Waals surface area contributed by atoms with E-state index in [4.69, 9.17) is 0 Å². The zero-order valence-electron chi connectivity index (χ0n) is 7.28. The third kappa shape index (κ3) is 1.59. The molecule has 0 radical (unpaired) electrons. The van der Waals surface area contributed by atoms with Crippen molar-refractivity contribution >= 4 is 0 Å². The predicted molar refractivity (Wildman–Crippen MR) is 44.2 cm³/mol. The normalized spacial score (nSPS) is 10.5. The van der Waals surface area contributed by atoms with Crippen LogP contribution in [0.1, 0.15) is 0 Å². The summed E-state index contributed by atoms with van der Waals surface area (Å²) in [6, 6.07) is 3.10. The molecule has 0 spiro atoms. The third-order valence-corrected chi connectivity index (χ3v) is 1.63. The van der Waals surface area contributed by atoms with E-state index in [1.54, 1.807) is 7.05 Å². The Bertz CT molecular complexity index is 446. The molecule has 0 saturated carbocycles. The lowest BCUT2D eigenvalue weighted by Crippen LogP contribution is -1.92. The number of rotatable bonds is 1. The van der Waals surface area contributed by atoms with Gasteiger partial charge in [-0.1, -0.05) is 0 Å². The standard InChI is InChI=1S/C8H6F2N4/c1-14-12-8(11-13-14)5-2-6(9)4-7(10)3-5/h2-4H,1H3. The minimum absolute atomic E-state index is 0.200. The maximum atomic E-state index is 12.8. The highest BCUT2D eigenvalue weighted by atomic mass is 19.1. The van der Waals surface area contributed by atoms with Gasteiger partial charge in [0, 0.05) is 11.6 Å². The maximum absolute atomic E-state index is 12.8. The van der Waals surface area contributed by atoms with Crippen molar-refractivity contribution in [2.24, 2.45) is 7.05 Å². The number of benzene rings is 1. The van der Waals surface area contributed by atoms with Crippen molar-refractivity contribution in [3.05, 3.63) is 29.8 Å². The zero-order valence-corrected chi connectivity index (χ0v) is 7.28. The summed E-state index contributed by atoms with van der Waals surface area (Å²) in [6.07, 6.45) is 0. The van der Waals surface area contributed by atoms with E-state index in [1.807, 2.05) is 0 Å². The van der Waals surface area contributed by atoms with Crippen LogP contribution in [0.4, 0.5) is 8.78 Å². The van der Waals surface area contributed by atoms with Crippen molar-refractivity contribution in [2.75, 3.05) is 0 Å². The summed E-state index contributed by atoms with van der Waals surface area (Å²) in [5, 5.41) is 11.0. The number of nitrogens with zero attached hydrogens (tertiary/aromatic N) is 4. The van der Waals surface area contributed by atoms with Gasteiger partial charge in [-0.2, -0.15) is 4.80 Å². The van der Waals surface area contributed by atoms with Gasteiger partial charge in [-0.15, -0.1) is 10.2 Å². The number of tetrazole rings is 1. The minimum Gasteiger partial charge on any atom is -0.207 e. The van der Waals surface area contributed by atoms with Crippen LogP contribution in [0.15, 0.2) is 18.2 Å². The van der Waals surface area contributed by atoms with Gasteiger partial charge < -0.3 is 0 Å². The smallest absolute Gasteiger partial charge is 0.205 e.